The predicted molar refractivity (Wildman–Crippen MR) is 113 cm³/mol. The number of nitrogens with zero attached hydrogens (tertiary/aromatic N) is 6. The number of carbonyl (C=O) groups is 1. The Morgan fingerprint density at radius 2 is 2.03 bits per heavy atom. The molecule has 5 rings (SSSR count). The monoisotopic (exact) mass is 442 g/mol. The molecular formula is C22H27FN6O3. The molecule has 0 aromatic carbocycles. The Morgan fingerprint density at radius 1 is 1.25 bits per heavy atom. The van der Waals surface area contributed by atoms with Gasteiger partial charge in [-0.15, -0.1) is 5.10 Å². The predicted octanol–water partition coefficient (Wildman–Crippen LogP) is 3.70. The molecule has 3 heterocycles. The molecule has 9 nitrogen and oxygen atoms in total. The minimum Gasteiger partial charge on any atom is -0.479 e. The van der Waals surface area contributed by atoms with Crippen LogP contribution in [0.3, 0.4) is 0 Å². The molecular weight excluding hydrogens is 415 g/mol. The summed E-state index contributed by atoms with van der Waals surface area (Å²) < 4.78 is 28.2. The minimum absolute atomic E-state index is 0.0753. The lowest BCUT2D eigenvalue weighted by Gasteiger charge is -2.47. The number of halogens is 1. The molecule has 0 unspecified atom stereocenters. The molecule has 2 aliphatic carbocycles. The Balaban J connectivity index is 1.43. The molecule has 0 bridgehead atoms. The summed E-state index contributed by atoms with van der Waals surface area (Å²) in [5.41, 5.74) is 1.35. The number of hydrogen-bond donors (Lipinski definition) is 0. The quantitative estimate of drug-likeness (QED) is 0.537. The van der Waals surface area contributed by atoms with E-state index in [-0.39, 0.29) is 29.5 Å². The van der Waals surface area contributed by atoms with Crippen molar-refractivity contribution in [2.45, 2.75) is 58.4 Å². The fraction of sp³-hybridized carbons (Fsp3) is 0.591. The molecule has 170 valence electrons. The number of aromatic nitrogens is 6. The van der Waals surface area contributed by atoms with Crippen molar-refractivity contribution in [1.82, 2.24) is 29.5 Å². The summed E-state index contributed by atoms with van der Waals surface area (Å²) in [5.74, 6) is -0.409. The zero-order chi connectivity index (χ0) is 22.3. The third-order valence-corrected chi connectivity index (χ3v) is 7.01. The molecule has 0 saturated heterocycles. The van der Waals surface area contributed by atoms with Crippen LogP contribution >= 0.6 is 0 Å². The summed E-state index contributed by atoms with van der Waals surface area (Å²) in [5, 5.41) is 8.23. The summed E-state index contributed by atoms with van der Waals surface area (Å²) >= 11 is 0. The van der Waals surface area contributed by atoms with Gasteiger partial charge >= 0.3 is 5.97 Å². The second-order valence-electron chi connectivity index (χ2n) is 8.89. The van der Waals surface area contributed by atoms with E-state index in [2.05, 4.69) is 20.2 Å². The normalized spacial score (nSPS) is 18.1. The summed E-state index contributed by atoms with van der Waals surface area (Å²) in [4.78, 5) is 20.7. The SMILES string of the molecule is CCOC(=O)c1cnn(-c2nc(OC)c3c(n2)c(F)nn3CC2CCC3(CCC3)CC2)c1. The molecule has 0 aliphatic heterocycles. The van der Waals surface area contributed by atoms with Gasteiger partial charge in [-0.3, -0.25) is 4.68 Å². The summed E-state index contributed by atoms with van der Waals surface area (Å²) in [6, 6.07) is 0. The summed E-state index contributed by atoms with van der Waals surface area (Å²) in [6.45, 7) is 2.60. The molecule has 0 radical (unpaired) electrons. The zero-order valence-corrected chi connectivity index (χ0v) is 18.4. The van der Waals surface area contributed by atoms with Gasteiger partial charge in [0.15, 0.2) is 11.0 Å². The van der Waals surface area contributed by atoms with Gasteiger partial charge in [-0.05, 0) is 56.8 Å². The van der Waals surface area contributed by atoms with Gasteiger partial charge < -0.3 is 9.47 Å². The maximum atomic E-state index is 14.8. The van der Waals surface area contributed by atoms with E-state index >= 15 is 0 Å². The molecule has 3 aromatic rings. The van der Waals surface area contributed by atoms with Gasteiger partial charge in [0, 0.05) is 12.7 Å². The van der Waals surface area contributed by atoms with Gasteiger partial charge in [0.2, 0.25) is 5.88 Å². The maximum Gasteiger partial charge on any atom is 0.341 e. The topological polar surface area (TPSA) is 96.9 Å². The first-order valence-corrected chi connectivity index (χ1v) is 11.2. The van der Waals surface area contributed by atoms with Gasteiger partial charge in [-0.2, -0.15) is 14.5 Å². The number of carbonyl (C=O) groups excluding carboxylic acids is 1. The standard InChI is InChI=1S/C22H27FN6O3/c1-3-32-20(30)15-11-24-29(13-15)21-25-16-17(19(26-21)31-2)28(27-18(16)23)12-14-5-9-22(10-6-14)7-4-8-22/h11,13-14H,3-10,12H2,1-2H3. The highest BCUT2D eigenvalue weighted by molar-refractivity contribution is 5.88. The minimum atomic E-state index is -0.675. The average molecular weight is 442 g/mol. The Morgan fingerprint density at radius 3 is 2.69 bits per heavy atom. The number of fused-ring (bicyclic) bond motifs is 1. The summed E-state index contributed by atoms with van der Waals surface area (Å²) in [7, 11) is 1.48. The first-order valence-electron chi connectivity index (χ1n) is 11.2. The fourth-order valence-electron chi connectivity index (χ4n) is 5.03. The smallest absolute Gasteiger partial charge is 0.341 e. The highest BCUT2D eigenvalue weighted by Gasteiger charge is 2.40. The third-order valence-electron chi connectivity index (χ3n) is 7.01. The number of esters is 1. The Kier molecular flexibility index (Phi) is 5.30. The third kappa shape index (κ3) is 3.61. The van der Waals surface area contributed by atoms with Crippen molar-refractivity contribution in [3.8, 4) is 11.8 Å². The van der Waals surface area contributed by atoms with Crippen molar-refractivity contribution >= 4 is 17.0 Å². The van der Waals surface area contributed by atoms with E-state index in [1.807, 2.05) is 0 Å². The van der Waals surface area contributed by atoms with Gasteiger partial charge in [0.05, 0.1) is 25.5 Å². The zero-order valence-electron chi connectivity index (χ0n) is 18.4. The second kappa shape index (κ2) is 8.14. The Bertz CT molecular complexity index is 1140. The van der Waals surface area contributed by atoms with Crippen LogP contribution in [0.15, 0.2) is 12.4 Å². The van der Waals surface area contributed by atoms with Crippen molar-refractivity contribution in [3.05, 3.63) is 23.9 Å². The van der Waals surface area contributed by atoms with Crippen LogP contribution in [-0.4, -0.2) is 49.2 Å². The molecule has 0 atom stereocenters. The lowest BCUT2D eigenvalue weighted by atomic mass is 9.59. The van der Waals surface area contributed by atoms with Gasteiger partial charge in [0.1, 0.15) is 0 Å². The number of ether oxygens (including phenoxy) is 2. The van der Waals surface area contributed by atoms with Crippen LogP contribution in [0.1, 0.15) is 62.2 Å². The number of rotatable bonds is 6. The van der Waals surface area contributed by atoms with Crippen molar-refractivity contribution in [2.24, 2.45) is 11.3 Å². The largest absolute Gasteiger partial charge is 0.479 e. The van der Waals surface area contributed by atoms with Crippen molar-refractivity contribution in [1.29, 1.82) is 0 Å². The molecule has 2 aliphatic rings. The molecule has 2 saturated carbocycles. The number of methoxy groups -OCH3 is 1. The van der Waals surface area contributed by atoms with E-state index in [0.717, 1.165) is 12.8 Å². The van der Waals surface area contributed by atoms with E-state index < -0.39 is 11.9 Å². The molecule has 2 fully saturated rings. The first kappa shape index (κ1) is 20.8. The van der Waals surface area contributed by atoms with Crippen molar-refractivity contribution < 1.29 is 18.7 Å². The lowest BCUT2D eigenvalue weighted by Crippen LogP contribution is -2.34. The highest BCUT2D eigenvalue weighted by Crippen LogP contribution is 2.52. The van der Waals surface area contributed by atoms with E-state index in [0.29, 0.717) is 23.4 Å². The van der Waals surface area contributed by atoms with Crippen molar-refractivity contribution in [3.63, 3.8) is 0 Å². The van der Waals surface area contributed by atoms with Crippen LogP contribution in [-0.2, 0) is 11.3 Å². The Labute approximate surface area is 184 Å². The van der Waals surface area contributed by atoms with Crippen molar-refractivity contribution in [2.75, 3.05) is 13.7 Å². The molecule has 0 N–H and O–H groups in total. The van der Waals surface area contributed by atoms with E-state index in [1.54, 1.807) is 11.6 Å². The molecule has 10 heteroatoms. The first-order chi connectivity index (χ1) is 15.5. The summed E-state index contributed by atoms with van der Waals surface area (Å²) in [6.07, 6.45) is 11.6. The van der Waals surface area contributed by atoms with E-state index in [1.165, 1.54) is 56.3 Å². The van der Waals surface area contributed by atoms with Crippen LogP contribution < -0.4 is 4.74 Å². The molecule has 32 heavy (non-hydrogen) atoms. The maximum absolute atomic E-state index is 14.8. The lowest BCUT2D eigenvalue weighted by molar-refractivity contribution is 0.0510. The fourth-order valence-corrected chi connectivity index (χ4v) is 5.03. The van der Waals surface area contributed by atoms with Crippen LogP contribution in [0.5, 0.6) is 5.88 Å². The highest BCUT2D eigenvalue weighted by atomic mass is 19.1. The average Bonchev–Trinajstić information content (AvgIpc) is 3.38. The van der Waals surface area contributed by atoms with Crippen LogP contribution in [0.4, 0.5) is 4.39 Å². The molecule has 1 spiro atoms. The second-order valence-corrected chi connectivity index (χ2v) is 8.89. The Hall–Kier alpha value is -3.04. The van der Waals surface area contributed by atoms with Crippen LogP contribution in [0.25, 0.3) is 17.0 Å². The molecule has 0 amide bonds. The van der Waals surface area contributed by atoms with Gasteiger partial charge in [-0.1, -0.05) is 6.42 Å². The molecule has 3 aromatic heterocycles. The van der Waals surface area contributed by atoms with Gasteiger partial charge in [0.25, 0.3) is 11.9 Å². The van der Waals surface area contributed by atoms with Gasteiger partial charge in [-0.25, -0.2) is 14.5 Å². The van der Waals surface area contributed by atoms with Crippen LogP contribution in [0.2, 0.25) is 0 Å². The van der Waals surface area contributed by atoms with E-state index in [4.69, 9.17) is 9.47 Å². The van der Waals surface area contributed by atoms with E-state index in [9.17, 15) is 9.18 Å². The number of hydrogen-bond acceptors (Lipinski definition) is 7. The van der Waals surface area contributed by atoms with Crippen LogP contribution in [0, 0.1) is 17.3 Å².